The average molecular weight is 964 g/mol. The molecule has 10 heteroatoms. The third-order valence-electron chi connectivity index (χ3n) is 12.2. The minimum atomic E-state index is -4.38. The molecule has 0 aromatic carbocycles. The first-order valence-electron chi connectivity index (χ1n) is 28.1. The fourth-order valence-corrected chi connectivity index (χ4v) is 8.76. The van der Waals surface area contributed by atoms with E-state index >= 15 is 0 Å². The van der Waals surface area contributed by atoms with E-state index in [1.54, 1.807) is 0 Å². The molecule has 0 aliphatic rings. The van der Waals surface area contributed by atoms with Crippen LogP contribution in [-0.2, 0) is 32.7 Å². The Kier molecular flexibility index (Phi) is 51.7. The van der Waals surface area contributed by atoms with Gasteiger partial charge < -0.3 is 20.1 Å². The number of hydrogen-bond donors (Lipinski definition) is 2. The number of allylic oxidation sites excluding steroid dienone is 8. The van der Waals surface area contributed by atoms with Gasteiger partial charge in [0.15, 0.2) is 6.10 Å². The summed E-state index contributed by atoms with van der Waals surface area (Å²) in [5.41, 5.74) is 5.37. The van der Waals surface area contributed by atoms with Gasteiger partial charge >= 0.3 is 19.8 Å². The predicted octanol–water partition coefficient (Wildman–Crippen LogP) is 17.4. The molecule has 0 radical (unpaired) electrons. The van der Waals surface area contributed by atoms with Crippen molar-refractivity contribution in [2.45, 2.75) is 277 Å². The maximum absolute atomic E-state index is 12.7. The van der Waals surface area contributed by atoms with Crippen LogP contribution in [0.3, 0.4) is 0 Å². The van der Waals surface area contributed by atoms with Gasteiger partial charge in [-0.3, -0.25) is 18.6 Å². The Bertz CT molecular complexity index is 1240. The number of hydrogen-bond acceptors (Lipinski definition) is 8. The van der Waals surface area contributed by atoms with Crippen molar-refractivity contribution in [3.05, 3.63) is 48.6 Å². The van der Waals surface area contributed by atoms with Crippen molar-refractivity contribution in [1.29, 1.82) is 0 Å². The molecule has 0 fully saturated rings. The van der Waals surface area contributed by atoms with Crippen molar-refractivity contribution in [3.8, 4) is 0 Å². The summed E-state index contributed by atoms with van der Waals surface area (Å²) in [6, 6.07) is 0. The Morgan fingerprint density at radius 2 is 0.806 bits per heavy atom. The van der Waals surface area contributed by atoms with Crippen LogP contribution in [0.4, 0.5) is 0 Å². The summed E-state index contributed by atoms with van der Waals surface area (Å²) in [5.74, 6) is -0.836. The third-order valence-corrected chi connectivity index (χ3v) is 13.2. The second-order valence-electron chi connectivity index (χ2n) is 18.8. The molecule has 0 saturated heterocycles. The minimum absolute atomic E-state index is 0.0517. The molecule has 0 spiro atoms. The lowest BCUT2D eigenvalue weighted by Crippen LogP contribution is -2.29. The highest BCUT2D eigenvalue weighted by molar-refractivity contribution is 7.47. The molecule has 0 amide bonds. The molecular weight excluding hydrogens is 858 g/mol. The number of phosphoric ester groups is 1. The number of carbonyl (C=O) groups is 2. The first kappa shape index (κ1) is 65.0. The first-order valence-corrected chi connectivity index (χ1v) is 29.6. The van der Waals surface area contributed by atoms with Crippen molar-refractivity contribution >= 4 is 19.8 Å². The maximum Gasteiger partial charge on any atom is 0.472 e. The van der Waals surface area contributed by atoms with E-state index in [4.69, 9.17) is 24.3 Å². The lowest BCUT2D eigenvalue weighted by atomic mass is 10.0. The third kappa shape index (κ3) is 53.2. The van der Waals surface area contributed by atoms with Crippen molar-refractivity contribution in [2.24, 2.45) is 5.73 Å². The summed E-state index contributed by atoms with van der Waals surface area (Å²) in [6.07, 6.45) is 64.7. The molecule has 0 bridgehead atoms. The van der Waals surface area contributed by atoms with E-state index < -0.39 is 32.5 Å². The number of rotatable bonds is 53. The molecule has 2 unspecified atom stereocenters. The SMILES string of the molecule is CCC/C=C\C/C=C\CCCCCCCC(=O)OCC(COP(=O)(O)OCCN)OC(=O)CCCCCCCCCCCCCCCCCCCCCCC/C=C\C/C=C\CCCCCCC. The fraction of sp³-hybridized carbons (Fsp3) is 0.825. The molecule has 0 aromatic heterocycles. The summed E-state index contributed by atoms with van der Waals surface area (Å²) in [6.45, 7) is 3.67. The zero-order chi connectivity index (χ0) is 48.8. The molecule has 0 saturated carbocycles. The van der Waals surface area contributed by atoms with Gasteiger partial charge in [-0.05, 0) is 70.6 Å². The van der Waals surface area contributed by atoms with Gasteiger partial charge in [0.05, 0.1) is 13.2 Å². The van der Waals surface area contributed by atoms with Crippen LogP contribution in [-0.4, -0.2) is 49.3 Å². The molecule has 0 heterocycles. The number of unbranched alkanes of at least 4 members (excludes halogenated alkanes) is 32. The highest BCUT2D eigenvalue weighted by atomic mass is 31.2. The molecule has 3 N–H and O–H groups in total. The Balaban J connectivity index is 3.84. The van der Waals surface area contributed by atoms with Crippen LogP contribution in [0.2, 0.25) is 0 Å². The van der Waals surface area contributed by atoms with E-state index in [1.807, 2.05) is 0 Å². The Morgan fingerprint density at radius 3 is 1.19 bits per heavy atom. The zero-order valence-electron chi connectivity index (χ0n) is 43.6. The molecular formula is C57H106NO8P. The summed E-state index contributed by atoms with van der Waals surface area (Å²) in [5, 5.41) is 0. The van der Waals surface area contributed by atoms with Crippen LogP contribution < -0.4 is 5.73 Å². The van der Waals surface area contributed by atoms with Gasteiger partial charge in [-0.15, -0.1) is 0 Å². The quantitative estimate of drug-likeness (QED) is 0.0264. The lowest BCUT2D eigenvalue weighted by Gasteiger charge is -2.19. The van der Waals surface area contributed by atoms with E-state index in [-0.39, 0.29) is 32.6 Å². The second-order valence-corrected chi connectivity index (χ2v) is 20.3. The van der Waals surface area contributed by atoms with Crippen molar-refractivity contribution < 1.29 is 37.6 Å². The highest BCUT2D eigenvalue weighted by Crippen LogP contribution is 2.43. The standard InChI is InChI=1S/C57H106NO8P/c1-3-5-7-9-11-13-15-17-18-19-20-21-22-23-24-25-26-27-28-29-30-31-32-33-34-35-36-38-40-42-44-46-48-50-57(60)66-55(54-65-67(61,62)64-52-51-58)53-63-56(59)49-47-45-43-41-39-37-16-14-12-10-8-6-4-2/h8,10,14-17,19-20,55H,3-7,9,11-13,18,21-54,58H2,1-2H3,(H,61,62)/b10-8-,16-14-,17-15-,20-19-. The van der Waals surface area contributed by atoms with Crippen LogP contribution in [0.5, 0.6) is 0 Å². The molecule has 9 nitrogen and oxygen atoms in total. The van der Waals surface area contributed by atoms with Crippen LogP contribution in [0.15, 0.2) is 48.6 Å². The molecule has 0 aromatic rings. The van der Waals surface area contributed by atoms with Crippen LogP contribution >= 0.6 is 7.82 Å². The summed E-state index contributed by atoms with van der Waals surface area (Å²) in [4.78, 5) is 35.0. The number of ether oxygens (including phenoxy) is 2. The van der Waals surface area contributed by atoms with Crippen molar-refractivity contribution in [1.82, 2.24) is 0 Å². The number of phosphoric acid groups is 1. The largest absolute Gasteiger partial charge is 0.472 e. The van der Waals surface area contributed by atoms with Crippen molar-refractivity contribution in [3.63, 3.8) is 0 Å². The number of nitrogens with two attached hydrogens (primary N) is 1. The van der Waals surface area contributed by atoms with E-state index in [0.29, 0.717) is 12.8 Å². The van der Waals surface area contributed by atoms with Crippen molar-refractivity contribution in [2.75, 3.05) is 26.4 Å². The van der Waals surface area contributed by atoms with Gasteiger partial charge in [0.25, 0.3) is 0 Å². The maximum atomic E-state index is 12.7. The molecule has 392 valence electrons. The number of carbonyl (C=O) groups excluding carboxylic acids is 2. The van der Waals surface area contributed by atoms with Gasteiger partial charge in [0, 0.05) is 19.4 Å². The van der Waals surface area contributed by atoms with Crippen LogP contribution in [0.1, 0.15) is 271 Å². The van der Waals surface area contributed by atoms with Crippen LogP contribution in [0, 0.1) is 0 Å². The molecule has 0 aliphatic carbocycles. The summed E-state index contributed by atoms with van der Waals surface area (Å²) < 4.78 is 32.9. The molecule has 0 rings (SSSR count). The monoisotopic (exact) mass is 964 g/mol. The molecule has 2 atom stereocenters. The first-order chi connectivity index (χ1) is 32.8. The molecule has 0 aliphatic heterocycles. The molecule has 67 heavy (non-hydrogen) atoms. The Hall–Kier alpha value is -2.03. The normalized spacial score (nSPS) is 13.4. The van der Waals surface area contributed by atoms with E-state index in [0.717, 1.165) is 64.2 Å². The van der Waals surface area contributed by atoms with Gasteiger partial charge in [0.2, 0.25) is 0 Å². The second kappa shape index (κ2) is 53.3. The fourth-order valence-electron chi connectivity index (χ4n) is 8.00. The Morgan fingerprint density at radius 1 is 0.448 bits per heavy atom. The van der Waals surface area contributed by atoms with E-state index in [1.165, 1.54) is 167 Å². The van der Waals surface area contributed by atoms with Gasteiger partial charge in [-0.2, -0.15) is 0 Å². The number of esters is 2. The van der Waals surface area contributed by atoms with Crippen LogP contribution in [0.25, 0.3) is 0 Å². The predicted molar refractivity (Wildman–Crippen MR) is 284 cm³/mol. The highest BCUT2D eigenvalue weighted by Gasteiger charge is 2.26. The smallest absolute Gasteiger partial charge is 0.462 e. The van der Waals surface area contributed by atoms with Gasteiger partial charge in [-0.25, -0.2) is 4.57 Å². The lowest BCUT2D eigenvalue weighted by molar-refractivity contribution is -0.161. The van der Waals surface area contributed by atoms with E-state index in [2.05, 4.69) is 62.5 Å². The Labute approximate surface area is 413 Å². The topological polar surface area (TPSA) is 134 Å². The van der Waals surface area contributed by atoms with Gasteiger partial charge in [0.1, 0.15) is 6.61 Å². The minimum Gasteiger partial charge on any atom is -0.462 e. The zero-order valence-corrected chi connectivity index (χ0v) is 44.5. The average Bonchev–Trinajstić information content (AvgIpc) is 3.32. The summed E-state index contributed by atoms with van der Waals surface area (Å²) in [7, 11) is -4.38. The summed E-state index contributed by atoms with van der Waals surface area (Å²) >= 11 is 0. The van der Waals surface area contributed by atoms with Gasteiger partial charge in [-0.1, -0.05) is 236 Å². The van der Waals surface area contributed by atoms with E-state index in [9.17, 15) is 19.0 Å².